The lowest BCUT2D eigenvalue weighted by atomic mass is 10.2. The summed E-state index contributed by atoms with van der Waals surface area (Å²) in [5.74, 6) is -0.725. The molecular formula is C18H19NO4. The van der Waals surface area contributed by atoms with E-state index in [0.717, 1.165) is 5.56 Å². The Balaban J connectivity index is 2.06. The van der Waals surface area contributed by atoms with Gasteiger partial charge in [0.2, 0.25) is 0 Å². The van der Waals surface area contributed by atoms with Gasteiger partial charge in [-0.05, 0) is 43.7 Å². The summed E-state index contributed by atoms with van der Waals surface area (Å²) in [5, 5.41) is 11.7. The van der Waals surface area contributed by atoms with Crippen LogP contribution in [0.15, 0.2) is 48.5 Å². The minimum atomic E-state index is -1.04. The van der Waals surface area contributed by atoms with E-state index < -0.39 is 12.1 Å². The first-order valence-corrected chi connectivity index (χ1v) is 7.37. The van der Waals surface area contributed by atoms with Gasteiger partial charge in [0.15, 0.2) is 6.10 Å². The van der Waals surface area contributed by atoms with Crippen LogP contribution < -0.4 is 10.1 Å². The molecule has 0 aliphatic heterocycles. The predicted molar refractivity (Wildman–Crippen MR) is 87.9 cm³/mol. The summed E-state index contributed by atoms with van der Waals surface area (Å²) in [6.45, 7) is 3.83. The summed E-state index contributed by atoms with van der Waals surface area (Å²) < 4.78 is 5.70. The van der Waals surface area contributed by atoms with Crippen LogP contribution in [0.25, 0.3) is 0 Å². The van der Waals surface area contributed by atoms with Gasteiger partial charge in [0.05, 0.1) is 5.56 Å². The Hall–Kier alpha value is -2.82. The largest absolute Gasteiger partial charge is 0.481 e. The van der Waals surface area contributed by atoms with Gasteiger partial charge in [0.25, 0.3) is 5.91 Å². The molecule has 23 heavy (non-hydrogen) atoms. The van der Waals surface area contributed by atoms with Crippen molar-refractivity contribution in [3.8, 4) is 5.75 Å². The van der Waals surface area contributed by atoms with E-state index in [-0.39, 0.29) is 11.5 Å². The van der Waals surface area contributed by atoms with Crippen molar-refractivity contribution < 1.29 is 19.4 Å². The number of hydrogen-bond acceptors (Lipinski definition) is 3. The molecular weight excluding hydrogens is 294 g/mol. The first kappa shape index (κ1) is 16.5. The van der Waals surface area contributed by atoms with E-state index in [1.165, 1.54) is 12.1 Å². The zero-order chi connectivity index (χ0) is 16.8. The average Bonchev–Trinajstić information content (AvgIpc) is 2.54. The molecule has 0 bridgehead atoms. The second-order valence-electron chi connectivity index (χ2n) is 5.20. The number of hydrogen-bond donors (Lipinski definition) is 2. The summed E-state index contributed by atoms with van der Waals surface area (Å²) in [5.41, 5.74) is 1.66. The van der Waals surface area contributed by atoms with Gasteiger partial charge in [-0.1, -0.05) is 30.7 Å². The molecule has 0 aromatic heterocycles. The highest BCUT2D eigenvalue weighted by atomic mass is 16.5. The number of carboxylic acids is 1. The molecule has 0 radical (unpaired) electrons. The Bertz CT molecular complexity index is 694. The second kappa shape index (κ2) is 7.45. The molecule has 1 amide bonds. The number of anilines is 1. The van der Waals surface area contributed by atoms with Crippen LogP contribution in [-0.4, -0.2) is 23.1 Å². The molecule has 2 N–H and O–H groups in total. The number of carbonyl (C=O) groups excluding carboxylic acids is 1. The van der Waals surface area contributed by atoms with E-state index in [4.69, 9.17) is 9.84 Å². The van der Waals surface area contributed by atoms with Crippen molar-refractivity contribution >= 4 is 17.6 Å². The van der Waals surface area contributed by atoms with Crippen molar-refractivity contribution in [2.75, 3.05) is 5.32 Å². The number of aryl methyl sites for hydroxylation is 1. The van der Waals surface area contributed by atoms with Crippen LogP contribution in [0.1, 0.15) is 29.3 Å². The maximum Gasteiger partial charge on any atom is 0.335 e. The molecule has 0 saturated heterocycles. The predicted octanol–water partition coefficient (Wildman–Crippen LogP) is 3.49. The van der Waals surface area contributed by atoms with Crippen molar-refractivity contribution in [2.24, 2.45) is 0 Å². The van der Waals surface area contributed by atoms with Crippen LogP contribution in [0, 0.1) is 6.92 Å². The van der Waals surface area contributed by atoms with E-state index in [1.54, 1.807) is 12.1 Å². The molecule has 120 valence electrons. The van der Waals surface area contributed by atoms with Gasteiger partial charge in [-0.15, -0.1) is 0 Å². The molecule has 2 aromatic carbocycles. The van der Waals surface area contributed by atoms with Gasteiger partial charge in [-0.25, -0.2) is 4.79 Å². The van der Waals surface area contributed by atoms with Crippen molar-refractivity contribution in [3.05, 3.63) is 59.7 Å². The van der Waals surface area contributed by atoms with Crippen LogP contribution in [0.2, 0.25) is 0 Å². The van der Waals surface area contributed by atoms with Crippen molar-refractivity contribution in [1.29, 1.82) is 0 Å². The van der Waals surface area contributed by atoms with E-state index >= 15 is 0 Å². The van der Waals surface area contributed by atoms with Crippen LogP contribution in [0.5, 0.6) is 5.75 Å². The maximum atomic E-state index is 12.3. The third-order valence-electron chi connectivity index (χ3n) is 3.34. The van der Waals surface area contributed by atoms with Gasteiger partial charge in [-0.3, -0.25) is 4.79 Å². The highest BCUT2D eigenvalue weighted by Crippen LogP contribution is 2.16. The number of rotatable bonds is 6. The highest BCUT2D eigenvalue weighted by Gasteiger charge is 2.19. The molecule has 2 aromatic rings. The number of amides is 1. The molecule has 0 spiro atoms. The van der Waals surface area contributed by atoms with Gasteiger partial charge < -0.3 is 15.2 Å². The first-order chi connectivity index (χ1) is 11.0. The lowest BCUT2D eigenvalue weighted by Crippen LogP contribution is -2.32. The van der Waals surface area contributed by atoms with Gasteiger partial charge >= 0.3 is 5.97 Å². The molecule has 0 fully saturated rings. The van der Waals surface area contributed by atoms with E-state index in [2.05, 4.69) is 5.32 Å². The third-order valence-corrected chi connectivity index (χ3v) is 3.34. The average molecular weight is 313 g/mol. The van der Waals surface area contributed by atoms with Crippen molar-refractivity contribution in [2.45, 2.75) is 26.4 Å². The smallest absolute Gasteiger partial charge is 0.335 e. The monoisotopic (exact) mass is 313 g/mol. The molecule has 1 atom stereocenters. The summed E-state index contributed by atoms with van der Waals surface area (Å²) in [6, 6.07) is 13.6. The Morgan fingerprint density at radius 2 is 1.87 bits per heavy atom. The molecule has 0 saturated carbocycles. The normalized spacial score (nSPS) is 11.6. The zero-order valence-corrected chi connectivity index (χ0v) is 13.1. The molecule has 5 nitrogen and oxygen atoms in total. The van der Waals surface area contributed by atoms with E-state index in [9.17, 15) is 9.59 Å². The topological polar surface area (TPSA) is 75.6 Å². The standard InChI is InChI=1S/C18H19NO4/c1-3-16(23-15-9-7-12(2)8-10-15)17(20)19-14-6-4-5-13(11-14)18(21)22/h4-11,16H,3H2,1-2H3,(H,19,20)(H,21,22). The van der Waals surface area contributed by atoms with Crippen LogP contribution >= 0.6 is 0 Å². The first-order valence-electron chi connectivity index (χ1n) is 7.37. The molecule has 0 aliphatic rings. The Kier molecular flexibility index (Phi) is 5.36. The number of ether oxygens (including phenoxy) is 1. The van der Waals surface area contributed by atoms with Crippen molar-refractivity contribution in [1.82, 2.24) is 0 Å². The maximum absolute atomic E-state index is 12.3. The van der Waals surface area contributed by atoms with Gasteiger partial charge in [0.1, 0.15) is 5.75 Å². The Labute approximate surface area is 134 Å². The van der Waals surface area contributed by atoms with Crippen LogP contribution in [0.3, 0.4) is 0 Å². The minimum Gasteiger partial charge on any atom is -0.481 e. The fourth-order valence-corrected chi connectivity index (χ4v) is 2.06. The Morgan fingerprint density at radius 1 is 1.17 bits per heavy atom. The fourth-order valence-electron chi connectivity index (χ4n) is 2.06. The number of benzene rings is 2. The number of aromatic carboxylic acids is 1. The van der Waals surface area contributed by atoms with E-state index in [1.807, 2.05) is 38.1 Å². The van der Waals surface area contributed by atoms with Crippen molar-refractivity contribution in [3.63, 3.8) is 0 Å². The summed E-state index contributed by atoms with van der Waals surface area (Å²) in [4.78, 5) is 23.3. The zero-order valence-electron chi connectivity index (χ0n) is 13.1. The lowest BCUT2D eigenvalue weighted by Gasteiger charge is -2.17. The summed E-state index contributed by atoms with van der Waals surface area (Å²) in [7, 11) is 0. The van der Waals surface area contributed by atoms with Crippen LogP contribution in [-0.2, 0) is 4.79 Å². The second-order valence-corrected chi connectivity index (χ2v) is 5.20. The van der Waals surface area contributed by atoms with Gasteiger partial charge in [-0.2, -0.15) is 0 Å². The lowest BCUT2D eigenvalue weighted by molar-refractivity contribution is -0.122. The quantitative estimate of drug-likeness (QED) is 0.856. The third kappa shape index (κ3) is 4.57. The molecule has 1 unspecified atom stereocenters. The number of nitrogens with one attached hydrogen (secondary N) is 1. The minimum absolute atomic E-state index is 0.121. The number of carboxylic acid groups (broad SMARTS) is 1. The summed E-state index contributed by atoms with van der Waals surface area (Å²) in [6.07, 6.45) is -0.149. The van der Waals surface area contributed by atoms with E-state index in [0.29, 0.717) is 17.9 Å². The van der Waals surface area contributed by atoms with Gasteiger partial charge in [0, 0.05) is 5.69 Å². The van der Waals surface area contributed by atoms with Crippen LogP contribution in [0.4, 0.5) is 5.69 Å². The Morgan fingerprint density at radius 3 is 2.48 bits per heavy atom. The number of carbonyl (C=O) groups is 2. The molecule has 5 heteroatoms. The summed E-state index contributed by atoms with van der Waals surface area (Å²) >= 11 is 0. The molecule has 0 heterocycles. The molecule has 2 rings (SSSR count). The fraction of sp³-hybridized carbons (Fsp3) is 0.222. The SMILES string of the molecule is CCC(Oc1ccc(C)cc1)C(=O)Nc1cccc(C(=O)O)c1. The molecule has 0 aliphatic carbocycles. The highest BCUT2D eigenvalue weighted by molar-refractivity contribution is 5.96.